The van der Waals surface area contributed by atoms with E-state index in [1.807, 2.05) is 79.7 Å². The summed E-state index contributed by atoms with van der Waals surface area (Å²) in [6.07, 6.45) is 0. The van der Waals surface area contributed by atoms with Crippen LogP contribution in [-0.2, 0) is 26.2 Å². The number of hydrogen-bond acceptors (Lipinski definition) is 5. The van der Waals surface area contributed by atoms with Crippen molar-refractivity contribution in [3.05, 3.63) is 125 Å². The van der Waals surface area contributed by atoms with Crippen molar-refractivity contribution < 1.29 is 13.9 Å². The molecule has 0 fully saturated rings. The van der Waals surface area contributed by atoms with Crippen LogP contribution in [0.5, 0.6) is 5.75 Å². The molecule has 6 nitrogen and oxygen atoms in total. The first kappa shape index (κ1) is 27.2. The first-order chi connectivity index (χ1) is 18.5. The van der Waals surface area contributed by atoms with E-state index in [4.69, 9.17) is 9.15 Å². The Morgan fingerprint density at radius 2 is 1.34 bits per heavy atom. The summed E-state index contributed by atoms with van der Waals surface area (Å²) >= 11 is 0. The van der Waals surface area contributed by atoms with Crippen LogP contribution in [0.25, 0.3) is 0 Å². The van der Waals surface area contributed by atoms with Gasteiger partial charge < -0.3 is 19.0 Å². The highest BCUT2D eigenvalue weighted by atomic mass is 16.5. The molecule has 1 aromatic heterocycles. The van der Waals surface area contributed by atoms with Gasteiger partial charge in [-0.25, -0.2) is 0 Å². The highest BCUT2D eigenvalue weighted by Crippen LogP contribution is 2.23. The molecule has 198 valence electrons. The lowest BCUT2D eigenvalue weighted by Crippen LogP contribution is -2.36. The largest absolute Gasteiger partial charge is 0.496 e. The predicted octanol–water partition coefficient (Wildman–Crippen LogP) is 5.69. The number of benzene rings is 3. The topological polar surface area (TPSA) is 49.2 Å². The summed E-state index contributed by atoms with van der Waals surface area (Å²) < 4.78 is 11.7. The summed E-state index contributed by atoms with van der Waals surface area (Å²) in [5.41, 5.74) is 3.41. The van der Waals surface area contributed by atoms with E-state index in [1.165, 1.54) is 5.56 Å². The third-order valence-electron chi connectivity index (χ3n) is 6.41. The number of likely N-dealkylation sites (N-methyl/N-ethyl adjacent to an activating group) is 1. The molecule has 4 rings (SSSR count). The number of para-hydroxylation sites is 1. The fourth-order valence-electron chi connectivity index (χ4n) is 4.41. The zero-order valence-corrected chi connectivity index (χ0v) is 22.5. The van der Waals surface area contributed by atoms with Gasteiger partial charge in [0.25, 0.3) is 5.91 Å². The van der Waals surface area contributed by atoms with Gasteiger partial charge in [-0.15, -0.1) is 0 Å². The summed E-state index contributed by atoms with van der Waals surface area (Å²) in [5, 5.41) is 0. The molecule has 0 bridgehead atoms. The number of ether oxygens (including phenoxy) is 1. The molecule has 0 aliphatic carbocycles. The molecule has 0 aliphatic heterocycles. The molecule has 0 atom stereocenters. The van der Waals surface area contributed by atoms with Gasteiger partial charge in [0.2, 0.25) is 0 Å². The standard InChI is InChI=1S/C32H37N3O3/c1-33(2)20-21-35(23-27-14-8-5-9-15-27)32(36)31-19-18-29(38-31)25-34(22-26-12-6-4-7-13-26)24-28-16-10-11-17-30(28)37-3/h4-19H,20-25H2,1-3H3. The fraction of sp³-hybridized carbons (Fsp3) is 0.281. The number of carbonyl (C=O) groups is 1. The molecule has 0 N–H and O–H groups in total. The van der Waals surface area contributed by atoms with Crippen LogP contribution in [0, 0.1) is 0 Å². The molecule has 6 heteroatoms. The molecule has 0 unspecified atom stereocenters. The van der Waals surface area contributed by atoms with Gasteiger partial charge in [0.15, 0.2) is 5.76 Å². The van der Waals surface area contributed by atoms with E-state index in [-0.39, 0.29) is 5.91 Å². The minimum Gasteiger partial charge on any atom is -0.496 e. The Bertz CT molecular complexity index is 1270. The second kappa shape index (κ2) is 13.6. The summed E-state index contributed by atoms with van der Waals surface area (Å²) in [6, 6.07) is 32.2. The van der Waals surface area contributed by atoms with Crippen LogP contribution < -0.4 is 4.74 Å². The minimum atomic E-state index is -0.0960. The molecule has 3 aromatic carbocycles. The van der Waals surface area contributed by atoms with E-state index in [0.29, 0.717) is 31.9 Å². The SMILES string of the molecule is COc1ccccc1CN(Cc1ccccc1)Cc1ccc(C(=O)N(CCN(C)C)Cc2ccccc2)o1. The molecule has 4 aromatic rings. The predicted molar refractivity (Wildman–Crippen MR) is 151 cm³/mol. The Morgan fingerprint density at radius 3 is 2.00 bits per heavy atom. The number of carbonyl (C=O) groups excluding carboxylic acids is 1. The smallest absolute Gasteiger partial charge is 0.289 e. The number of hydrogen-bond donors (Lipinski definition) is 0. The molecule has 38 heavy (non-hydrogen) atoms. The average Bonchev–Trinajstić information content (AvgIpc) is 3.40. The molecule has 1 heterocycles. The van der Waals surface area contributed by atoms with Crippen molar-refractivity contribution >= 4 is 5.91 Å². The van der Waals surface area contributed by atoms with Gasteiger partial charge >= 0.3 is 0 Å². The maximum atomic E-state index is 13.5. The monoisotopic (exact) mass is 511 g/mol. The van der Waals surface area contributed by atoms with Crippen molar-refractivity contribution in [2.24, 2.45) is 0 Å². The molecule has 1 amide bonds. The lowest BCUT2D eigenvalue weighted by atomic mass is 10.1. The Labute approximate surface area is 226 Å². The number of nitrogens with zero attached hydrogens (tertiary/aromatic N) is 3. The highest BCUT2D eigenvalue weighted by molar-refractivity contribution is 5.91. The van der Waals surface area contributed by atoms with Crippen molar-refractivity contribution in [3.8, 4) is 5.75 Å². The summed E-state index contributed by atoms with van der Waals surface area (Å²) in [6.45, 7) is 3.92. The molecular formula is C32H37N3O3. The highest BCUT2D eigenvalue weighted by Gasteiger charge is 2.21. The van der Waals surface area contributed by atoms with Crippen molar-refractivity contribution in [2.75, 3.05) is 34.3 Å². The summed E-state index contributed by atoms with van der Waals surface area (Å²) in [4.78, 5) is 19.7. The van der Waals surface area contributed by atoms with Gasteiger partial charge in [-0.3, -0.25) is 9.69 Å². The maximum Gasteiger partial charge on any atom is 0.289 e. The van der Waals surface area contributed by atoms with Gasteiger partial charge in [0.05, 0.1) is 13.7 Å². The summed E-state index contributed by atoms with van der Waals surface area (Å²) in [5.74, 6) is 1.89. The minimum absolute atomic E-state index is 0.0960. The van der Waals surface area contributed by atoms with Crippen molar-refractivity contribution in [2.45, 2.75) is 26.2 Å². The lowest BCUT2D eigenvalue weighted by Gasteiger charge is -2.24. The van der Waals surface area contributed by atoms with Crippen molar-refractivity contribution in [1.29, 1.82) is 0 Å². The quantitative estimate of drug-likeness (QED) is 0.231. The van der Waals surface area contributed by atoms with Crippen LogP contribution in [0.4, 0.5) is 0 Å². The Kier molecular flexibility index (Phi) is 9.73. The molecular weight excluding hydrogens is 474 g/mol. The Balaban J connectivity index is 1.51. The van der Waals surface area contributed by atoms with E-state index in [0.717, 1.165) is 35.7 Å². The summed E-state index contributed by atoms with van der Waals surface area (Å²) in [7, 11) is 5.72. The fourth-order valence-corrected chi connectivity index (χ4v) is 4.41. The van der Waals surface area contributed by atoms with Gasteiger partial charge in [-0.2, -0.15) is 0 Å². The molecule has 0 radical (unpaired) electrons. The van der Waals surface area contributed by atoms with Crippen LogP contribution in [0.2, 0.25) is 0 Å². The van der Waals surface area contributed by atoms with E-state index in [9.17, 15) is 4.79 Å². The molecule has 0 saturated carbocycles. The molecule has 0 saturated heterocycles. The van der Waals surface area contributed by atoms with E-state index in [2.05, 4.69) is 40.1 Å². The third kappa shape index (κ3) is 7.81. The lowest BCUT2D eigenvalue weighted by molar-refractivity contribution is 0.0695. The van der Waals surface area contributed by atoms with Gasteiger partial charge in [-0.05, 0) is 43.4 Å². The van der Waals surface area contributed by atoms with Crippen LogP contribution in [0.15, 0.2) is 101 Å². The Hall–Kier alpha value is -3.87. The molecule has 0 aliphatic rings. The number of rotatable bonds is 13. The molecule has 0 spiro atoms. The van der Waals surface area contributed by atoms with Crippen LogP contribution in [-0.4, -0.2) is 54.9 Å². The van der Waals surface area contributed by atoms with Crippen LogP contribution in [0.3, 0.4) is 0 Å². The Morgan fingerprint density at radius 1 is 0.711 bits per heavy atom. The van der Waals surface area contributed by atoms with Crippen molar-refractivity contribution in [1.82, 2.24) is 14.7 Å². The third-order valence-corrected chi connectivity index (χ3v) is 6.41. The second-order valence-electron chi connectivity index (χ2n) is 9.72. The van der Waals surface area contributed by atoms with Crippen LogP contribution >= 0.6 is 0 Å². The first-order valence-electron chi connectivity index (χ1n) is 13.0. The zero-order valence-electron chi connectivity index (χ0n) is 22.5. The second-order valence-corrected chi connectivity index (χ2v) is 9.72. The number of methoxy groups -OCH3 is 1. The normalized spacial score (nSPS) is 11.2. The first-order valence-corrected chi connectivity index (χ1v) is 13.0. The van der Waals surface area contributed by atoms with Crippen LogP contribution in [0.1, 0.15) is 33.0 Å². The van der Waals surface area contributed by atoms with Crippen molar-refractivity contribution in [3.63, 3.8) is 0 Å². The zero-order chi connectivity index (χ0) is 26.7. The van der Waals surface area contributed by atoms with Gasteiger partial charge in [0.1, 0.15) is 11.5 Å². The van der Waals surface area contributed by atoms with Gasteiger partial charge in [0, 0.05) is 38.3 Å². The van der Waals surface area contributed by atoms with Gasteiger partial charge in [-0.1, -0.05) is 78.9 Å². The average molecular weight is 512 g/mol. The maximum absolute atomic E-state index is 13.5. The van der Waals surface area contributed by atoms with E-state index in [1.54, 1.807) is 13.2 Å². The van der Waals surface area contributed by atoms with E-state index < -0.39 is 0 Å². The van der Waals surface area contributed by atoms with E-state index >= 15 is 0 Å². The number of amides is 1. The number of furan rings is 1.